The lowest BCUT2D eigenvalue weighted by Gasteiger charge is -2.37. The third-order valence-electron chi connectivity index (χ3n) is 13.2. The normalized spacial score (nSPS) is 25.3. The van der Waals surface area contributed by atoms with Crippen molar-refractivity contribution in [2.75, 3.05) is 44.7 Å². The summed E-state index contributed by atoms with van der Waals surface area (Å²) in [5, 5.41) is 13.1. The van der Waals surface area contributed by atoms with Crippen LogP contribution in [0.3, 0.4) is 0 Å². The minimum atomic E-state index is -0.708. The molecule has 0 bridgehead atoms. The van der Waals surface area contributed by atoms with Gasteiger partial charge in [-0.2, -0.15) is 0 Å². The number of alkyl halides is 1. The fourth-order valence-electron chi connectivity index (χ4n) is 9.35. The maximum Gasteiger partial charge on any atom is 0.306 e. The van der Waals surface area contributed by atoms with Gasteiger partial charge in [-0.05, 0) is 167 Å². The predicted octanol–water partition coefficient (Wildman–Crippen LogP) is 11.8. The number of nitrogens with one attached hydrogen (secondary N) is 1. The first kappa shape index (κ1) is 49.0. The quantitative estimate of drug-likeness (QED) is 0.161. The number of halogens is 1. The molecule has 0 spiro atoms. The molecule has 0 radical (unpaired) electrons. The minimum Gasteiger partial charge on any atom is -0.490 e. The highest BCUT2D eigenvalue weighted by Crippen LogP contribution is 2.40. The lowest BCUT2D eigenvalue weighted by Crippen LogP contribution is -2.35. The number of piperidine rings is 2. The molecule has 332 valence electrons. The van der Waals surface area contributed by atoms with Crippen LogP contribution in [-0.2, 0) is 14.3 Å². The van der Waals surface area contributed by atoms with Crippen LogP contribution in [0.1, 0.15) is 161 Å². The SMILES string of the molecule is CC(C)(C)C1CCC(Oc2ccc(C3CCCN(CCC(=O)O)C3)cc2)CC1.CC(C)(C)C1CCC(Oc2ccc(C3CCCNC3)cc2)CC1.CCOC(=O)CCBr. The van der Waals surface area contributed by atoms with Crippen LogP contribution >= 0.6 is 15.9 Å². The molecule has 59 heavy (non-hydrogen) atoms. The fourth-order valence-corrected chi connectivity index (χ4v) is 9.67. The summed E-state index contributed by atoms with van der Waals surface area (Å²) in [6.07, 6.45) is 16.2. The predicted molar refractivity (Wildman–Crippen MR) is 245 cm³/mol. The molecule has 0 amide bonds. The second kappa shape index (κ2) is 24.7. The maximum absolute atomic E-state index is 10.8. The first-order valence-electron chi connectivity index (χ1n) is 23.0. The van der Waals surface area contributed by atoms with Crippen molar-refractivity contribution in [3.8, 4) is 11.5 Å². The Morgan fingerprint density at radius 3 is 1.63 bits per heavy atom. The summed E-state index contributed by atoms with van der Waals surface area (Å²) in [7, 11) is 0. The molecule has 2 atom stereocenters. The van der Waals surface area contributed by atoms with Crippen molar-refractivity contribution in [3.63, 3.8) is 0 Å². The summed E-state index contributed by atoms with van der Waals surface area (Å²) in [4.78, 5) is 23.5. The van der Waals surface area contributed by atoms with E-state index in [2.05, 4.69) is 121 Å². The Kier molecular flexibility index (Phi) is 20.6. The van der Waals surface area contributed by atoms with E-state index in [9.17, 15) is 9.59 Å². The minimum absolute atomic E-state index is 0.135. The molecule has 2 aliphatic heterocycles. The van der Waals surface area contributed by atoms with Crippen molar-refractivity contribution in [3.05, 3.63) is 59.7 Å². The lowest BCUT2D eigenvalue weighted by atomic mass is 9.72. The standard InChI is InChI=1S/C24H37NO3.C21H33NO.C5H9BrO2/c1-24(2,3)20-8-12-22(13-9-20)28-21-10-6-18(7-11-21)19-5-4-15-25(17-19)16-14-23(26)27;1-21(2,3)18-8-12-20(13-9-18)23-19-10-6-16(7-11-19)17-5-4-14-22-15-17;1-2-8-5(7)3-4-6/h6-7,10-11,19-20,22H,4-5,8-9,12-17H2,1-3H3,(H,26,27);6-7,10-11,17-18,20,22H,4-5,8-9,12-15H2,1-3H3;2-4H2,1H3. The van der Waals surface area contributed by atoms with Crippen LogP contribution in [0.4, 0.5) is 0 Å². The van der Waals surface area contributed by atoms with Gasteiger partial charge in [-0.3, -0.25) is 9.59 Å². The molecule has 2 unspecified atom stereocenters. The summed E-state index contributed by atoms with van der Waals surface area (Å²) in [6, 6.07) is 17.6. The van der Waals surface area contributed by atoms with Gasteiger partial charge in [-0.1, -0.05) is 81.7 Å². The molecular formula is C50H79BrN2O6. The van der Waals surface area contributed by atoms with Crippen LogP contribution in [0.15, 0.2) is 48.5 Å². The number of carbonyl (C=O) groups excluding carboxylic acids is 1. The molecule has 2 saturated carbocycles. The second-order valence-corrected chi connectivity index (χ2v) is 20.4. The number of carboxylic acid groups (broad SMARTS) is 1. The molecule has 6 rings (SSSR count). The molecule has 4 fully saturated rings. The van der Waals surface area contributed by atoms with E-state index in [0.717, 1.165) is 62.2 Å². The molecule has 2 heterocycles. The van der Waals surface area contributed by atoms with Gasteiger partial charge >= 0.3 is 11.9 Å². The first-order chi connectivity index (χ1) is 28.1. The van der Waals surface area contributed by atoms with Crippen molar-refractivity contribution in [2.24, 2.45) is 22.7 Å². The lowest BCUT2D eigenvalue weighted by molar-refractivity contribution is -0.142. The summed E-state index contributed by atoms with van der Waals surface area (Å²) in [5.74, 6) is 4.04. The molecule has 2 aromatic rings. The zero-order valence-corrected chi connectivity index (χ0v) is 39.3. The zero-order valence-electron chi connectivity index (χ0n) is 37.7. The van der Waals surface area contributed by atoms with Crippen molar-refractivity contribution >= 4 is 27.9 Å². The highest BCUT2D eigenvalue weighted by atomic mass is 79.9. The van der Waals surface area contributed by atoms with Crippen LogP contribution < -0.4 is 14.8 Å². The summed E-state index contributed by atoms with van der Waals surface area (Å²) >= 11 is 3.12. The fraction of sp³-hybridized carbons (Fsp3) is 0.720. The topological polar surface area (TPSA) is 97.3 Å². The Labute approximate surface area is 366 Å². The van der Waals surface area contributed by atoms with E-state index in [1.807, 2.05) is 0 Å². The van der Waals surface area contributed by atoms with Crippen LogP contribution in [0.5, 0.6) is 11.5 Å². The largest absolute Gasteiger partial charge is 0.490 e. The van der Waals surface area contributed by atoms with Crippen LogP contribution in [0, 0.1) is 22.7 Å². The number of carbonyl (C=O) groups is 2. The Hall–Kier alpha value is -2.62. The number of rotatable bonds is 12. The van der Waals surface area contributed by atoms with Gasteiger partial charge in [0.15, 0.2) is 0 Å². The highest BCUT2D eigenvalue weighted by Gasteiger charge is 2.32. The number of ether oxygens (including phenoxy) is 3. The molecule has 4 aliphatic rings. The Balaban J connectivity index is 0.000000223. The van der Waals surface area contributed by atoms with Crippen LogP contribution in [0.2, 0.25) is 0 Å². The molecule has 2 saturated heterocycles. The van der Waals surface area contributed by atoms with Gasteiger partial charge in [0.1, 0.15) is 11.5 Å². The van der Waals surface area contributed by atoms with Crippen molar-refractivity contribution in [1.29, 1.82) is 0 Å². The molecule has 2 N–H and O–H groups in total. The average Bonchev–Trinajstić information content (AvgIpc) is 3.21. The molecule has 0 aromatic heterocycles. The number of esters is 1. The monoisotopic (exact) mass is 883 g/mol. The van der Waals surface area contributed by atoms with E-state index in [0.29, 0.717) is 59.8 Å². The van der Waals surface area contributed by atoms with E-state index < -0.39 is 5.97 Å². The molecule has 2 aliphatic carbocycles. The summed E-state index contributed by atoms with van der Waals surface area (Å²) in [5.41, 5.74) is 3.66. The number of hydrogen-bond donors (Lipinski definition) is 2. The van der Waals surface area contributed by atoms with Gasteiger partial charge in [-0.25, -0.2) is 0 Å². The van der Waals surface area contributed by atoms with Crippen molar-refractivity contribution < 1.29 is 28.9 Å². The first-order valence-corrected chi connectivity index (χ1v) is 24.2. The number of likely N-dealkylation sites (tertiary alicyclic amines) is 1. The Bertz CT molecular complexity index is 1470. The van der Waals surface area contributed by atoms with E-state index in [-0.39, 0.29) is 12.4 Å². The summed E-state index contributed by atoms with van der Waals surface area (Å²) < 4.78 is 17.1. The van der Waals surface area contributed by atoms with Crippen LogP contribution in [-0.4, -0.2) is 78.8 Å². The highest BCUT2D eigenvalue weighted by molar-refractivity contribution is 9.09. The number of carboxylic acids is 1. The van der Waals surface area contributed by atoms with E-state index >= 15 is 0 Å². The van der Waals surface area contributed by atoms with Gasteiger partial charge in [0.05, 0.1) is 31.7 Å². The molecular weight excluding hydrogens is 804 g/mol. The average molecular weight is 884 g/mol. The zero-order chi connectivity index (χ0) is 42.8. The van der Waals surface area contributed by atoms with Crippen molar-refractivity contribution in [2.45, 2.75) is 162 Å². The Morgan fingerprint density at radius 2 is 1.20 bits per heavy atom. The number of hydrogen-bond acceptors (Lipinski definition) is 7. The number of aliphatic carboxylic acids is 1. The number of nitrogens with zero attached hydrogens (tertiary/aromatic N) is 1. The third kappa shape index (κ3) is 17.7. The van der Waals surface area contributed by atoms with Gasteiger partial charge in [0.2, 0.25) is 0 Å². The second-order valence-electron chi connectivity index (χ2n) is 19.6. The van der Waals surface area contributed by atoms with E-state index in [4.69, 9.17) is 14.6 Å². The van der Waals surface area contributed by atoms with Gasteiger partial charge in [0, 0.05) is 25.0 Å². The van der Waals surface area contributed by atoms with Crippen LogP contribution in [0.25, 0.3) is 0 Å². The van der Waals surface area contributed by atoms with Gasteiger partial charge < -0.3 is 29.5 Å². The summed E-state index contributed by atoms with van der Waals surface area (Å²) in [6.45, 7) is 21.4. The van der Waals surface area contributed by atoms with Gasteiger partial charge in [0.25, 0.3) is 0 Å². The smallest absolute Gasteiger partial charge is 0.306 e. The van der Waals surface area contributed by atoms with Gasteiger partial charge in [-0.15, -0.1) is 0 Å². The Morgan fingerprint density at radius 1 is 0.712 bits per heavy atom. The molecule has 9 heteroatoms. The van der Waals surface area contributed by atoms with E-state index in [1.165, 1.54) is 75.5 Å². The maximum atomic E-state index is 10.8. The van der Waals surface area contributed by atoms with E-state index in [1.54, 1.807) is 6.92 Å². The molecule has 2 aromatic carbocycles. The number of benzene rings is 2. The van der Waals surface area contributed by atoms with Crippen molar-refractivity contribution in [1.82, 2.24) is 10.2 Å². The molecule has 8 nitrogen and oxygen atoms in total. The third-order valence-corrected chi connectivity index (χ3v) is 13.6.